The van der Waals surface area contributed by atoms with E-state index in [-0.39, 0.29) is 18.5 Å². The Hall–Kier alpha value is -3.04. The molecule has 0 bridgehead atoms. The number of amides is 1. The zero-order valence-electron chi connectivity index (χ0n) is 16.3. The van der Waals surface area contributed by atoms with Crippen LogP contribution < -0.4 is 14.8 Å². The van der Waals surface area contributed by atoms with Gasteiger partial charge in [0.1, 0.15) is 11.6 Å². The van der Waals surface area contributed by atoms with Crippen molar-refractivity contribution in [2.75, 3.05) is 19.1 Å². The summed E-state index contributed by atoms with van der Waals surface area (Å²) >= 11 is 7.25. The predicted molar refractivity (Wildman–Crippen MR) is 116 cm³/mol. The van der Waals surface area contributed by atoms with Gasteiger partial charge in [-0.15, -0.1) is 10.2 Å². The molecule has 1 N–H and O–H groups in total. The van der Waals surface area contributed by atoms with Crippen LogP contribution in [0.5, 0.6) is 11.5 Å². The van der Waals surface area contributed by atoms with E-state index in [1.165, 1.54) is 23.9 Å². The van der Waals surface area contributed by atoms with Gasteiger partial charge < -0.3 is 14.8 Å². The van der Waals surface area contributed by atoms with E-state index in [9.17, 15) is 9.18 Å². The standard InChI is InChI=1S/C21H18ClFN4O3S/c1-13(22)11-31-21-26-25-19(27(21)16-5-3-15(23)4-6-16)8-9-24-20(28)14-2-7-17-18(10-14)30-12-29-17/h2-7,10H,1,8-9,11-12H2,(H,24,28). The van der Waals surface area contributed by atoms with Gasteiger partial charge in [0.25, 0.3) is 5.91 Å². The zero-order chi connectivity index (χ0) is 21.8. The Morgan fingerprint density at radius 3 is 2.74 bits per heavy atom. The summed E-state index contributed by atoms with van der Waals surface area (Å²) in [4.78, 5) is 12.5. The molecule has 3 aromatic rings. The predicted octanol–water partition coefficient (Wildman–Crippen LogP) is 3.95. The largest absolute Gasteiger partial charge is 0.454 e. The summed E-state index contributed by atoms with van der Waals surface area (Å²) in [5.74, 6) is 1.68. The summed E-state index contributed by atoms with van der Waals surface area (Å²) in [5, 5.41) is 12.4. The van der Waals surface area contributed by atoms with Crippen molar-refractivity contribution in [1.82, 2.24) is 20.1 Å². The second kappa shape index (κ2) is 9.40. The number of halogens is 2. The van der Waals surface area contributed by atoms with Gasteiger partial charge in [-0.2, -0.15) is 0 Å². The molecule has 0 saturated heterocycles. The molecule has 2 aromatic carbocycles. The fourth-order valence-corrected chi connectivity index (χ4v) is 3.86. The average Bonchev–Trinajstić information content (AvgIpc) is 3.39. The smallest absolute Gasteiger partial charge is 0.251 e. The normalized spacial score (nSPS) is 12.1. The first kappa shape index (κ1) is 21.2. The number of benzene rings is 2. The lowest BCUT2D eigenvalue weighted by atomic mass is 10.2. The van der Waals surface area contributed by atoms with Crippen LogP contribution in [0, 0.1) is 5.82 Å². The van der Waals surface area contributed by atoms with E-state index in [4.69, 9.17) is 21.1 Å². The highest BCUT2D eigenvalue weighted by Crippen LogP contribution is 2.32. The number of fused-ring (bicyclic) bond motifs is 1. The molecule has 7 nitrogen and oxygen atoms in total. The highest BCUT2D eigenvalue weighted by molar-refractivity contribution is 7.99. The molecule has 1 aliphatic heterocycles. The SMILES string of the molecule is C=C(Cl)CSc1nnc(CCNC(=O)c2ccc3c(c2)OCO3)n1-c1ccc(F)cc1. The van der Waals surface area contributed by atoms with Crippen molar-refractivity contribution in [2.24, 2.45) is 0 Å². The van der Waals surface area contributed by atoms with E-state index >= 15 is 0 Å². The highest BCUT2D eigenvalue weighted by atomic mass is 35.5. The minimum absolute atomic E-state index is 0.150. The number of aromatic nitrogens is 3. The molecule has 0 spiro atoms. The lowest BCUT2D eigenvalue weighted by Gasteiger charge is -2.11. The number of rotatable bonds is 8. The van der Waals surface area contributed by atoms with Crippen LogP contribution in [0.25, 0.3) is 5.69 Å². The quantitative estimate of drug-likeness (QED) is 0.513. The first-order chi connectivity index (χ1) is 15.0. The van der Waals surface area contributed by atoms with Crippen molar-refractivity contribution in [3.05, 3.63) is 71.3 Å². The number of hydrogen-bond donors (Lipinski definition) is 1. The Bertz CT molecular complexity index is 1120. The third-order valence-corrected chi connectivity index (χ3v) is 5.72. The molecular formula is C21H18ClFN4O3S. The number of carbonyl (C=O) groups is 1. The van der Waals surface area contributed by atoms with Crippen molar-refractivity contribution < 1.29 is 18.7 Å². The minimum atomic E-state index is -0.335. The Morgan fingerprint density at radius 1 is 1.19 bits per heavy atom. The first-order valence-electron chi connectivity index (χ1n) is 9.35. The average molecular weight is 461 g/mol. The summed E-state index contributed by atoms with van der Waals surface area (Å²) in [6, 6.07) is 11.1. The number of hydrogen-bond acceptors (Lipinski definition) is 6. The first-order valence-corrected chi connectivity index (χ1v) is 10.7. The third-order valence-electron chi connectivity index (χ3n) is 4.41. The topological polar surface area (TPSA) is 78.3 Å². The van der Waals surface area contributed by atoms with Gasteiger partial charge in [-0.1, -0.05) is 29.9 Å². The Kier molecular flexibility index (Phi) is 6.43. The molecule has 10 heteroatoms. The van der Waals surface area contributed by atoms with E-state index < -0.39 is 0 Å². The second-order valence-electron chi connectivity index (χ2n) is 6.59. The van der Waals surface area contributed by atoms with Gasteiger partial charge >= 0.3 is 0 Å². The van der Waals surface area contributed by atoms with Crippen molar-refractivity contribution in [1.29, 1.82) is 0 Å². The van der Waals surface area contributed by atoms with Gasteiger partial charge in [-0.25, -0.2) is 4.39 Å². The fourth-order valence-electron chi connectivity index (χ4n) is 2.98. The van der Waals surface area contributed by atoms with Crippen molar-refractivity contribution in [3.8, 4) is 17.2 Å². The van der Waals surface area contributed by atoms with Crippen LogP contribution in [0.3, 0.4) is 0 Å². The number of carbonyl (C=O) groups excluding carboxylic acids is 1. The molecule has 31 heavy (non-hydrogen) atoms. The molecule has 1 aliphatic rings. The van der Waals surface area contributed by atoms with Crippen LogP contribution in [0.15, 0.2) is 59.2 Å². The lowest BCUT2D eigenvalue weighted by molar-refractivity contribution is 0.0953. The summed E-state index contributed by atoms with van der Waals surface area (Å²) in [7, 11) is 0. The second-order valence-corrected chi connectivity index (χ2v) is 8.07. The molecule has 4 rings (SSSR count). The van der Waals surface area contributed by atoms with Crippen molar-refractivity contribution in [3.63, 3.8) is 0 Å². The van der Waals surface area contributed by atoms with Crippen molar-refractivity contribution in [2.45, 2.75) is 11.6 Å². The molecule has 0 radical (unpaired) electrons. The Balaban J connectivity index is 1.46. The lowest BCUT2D eigenvalue weighted by Crippen LogP contribution is -2.26. The van der Waals surface area contributed by atoms with Gasteiger partial charge in [0.2, 0.25) is 6.79 Å². The molecule has 0 fully saturated rings. The van der Waals surface area contributed by atoms with Gasteiger partial charge in [-0.05, 0) is 42.5 Å². The molecule has 0 unspecified atom stereocenters. The van der Waals surface area contributed by atoms with Crippen LogP contribution >= 0.6 is 23.4 Å². The maximum atomic E-state index is 13.4. The molecular weight excluding hydrogens is 443 g/mol. The maximum Gasteiger partial charge on any atom is 0.251 e. The van der Waals surface area contributed by atoms with Crippen molar-refractivity contribution >= 4 is 29.3 Å². The molecule has 0 saturated carbocycles. The van der Waals surface area contributed by atoms with E-state index in [1.807, 2.05) is 4.57 Å². The van der Waals surface area contributed by atoms with Crippen LogP contribution in [-0.2, 0) is 6.42 Å². The van der Waals surface area contributed by atoms with E-state index in [2.05, 4.69) is 22.1 Å². The molecule has 1 amide bonds. The highest BCUT2D eigenvalue weighted by Gasteiger charge is 2.18. The van der Waals surface area contributed by atoms with Gasteiger partial charge in [-0.3, -0.25) is 9.36 Å². The van der Waals surface area contributed by atoms with E-state index in [0.717, 1.165) is 0 Å². The van der Waals surface area contributed by atoms with Gasteiger partial charge in [0.15, 0.2) is 16.7 Å². The third kappa shape index (κ3) is 5.00. The summed E-state index contributed by atoms with van der Waals surface area (Å²) < 4.78 is 25.8. The van der Waals surface area contributed by atoms with Gasteiger partial charge in [0.05, 0.1) is 0 Å². The summed E-state index contributed by atoms with van der Waals surface area (Å²) in [5.41, 5.74) is 1.19. The molecule has 160 valence electrons. The maximum absolute atomic E-state index is 13.4. The molecule has 0 aliphatic carbocycles. The number of nitrogens with zero attached hydrogens (tertiary/aromatic N) is 3. The van der Waals surface area contributed by atoms with E-state index in [1.54, 1.807) is 30.3 Å². The van der Waals surface area contributed by atoms with Gasteiger partial charge in [0, 0.05) is 35.0 Å². The van der Waals surface area contributed by atoms with Crippen LogP contribution in [-0.4, -0.2) is 39.8 Å². The van der Waals surface area contributed by atoms with Crippen LogP contribution in [0.2, 0.25) is 0 Å². The Morgan fingerprint density at radius 2 is 1.97 bits per heavy atom. The Labute approximate surface area is 187 Å². The molecule has 0 atom stereocenters. The van der Waals surface area contributed by atoms with Crippen LogP contribution in [0.4, 0.5) is 4.39 Å². The molecule has 2 heterocycles. The zero-order valence-corrected chi connectivity index (χ0v) is 17.9. The summed E-state index contributed by atoms with van der Waals surface area (Å²) in [6.45, 7) is 4.17. The minimum Gasteiger partial charge on any atom is -0.454 e. The monoisotopic (exact) mass is 460 g/mol. The summed E-state index contributed by atoms with van der Waals surface area (Å²) in [6.07, 6.45) is 0.420. The fraction of sp³-hybridized carbons (Fsp3) is 0.190. The number of nitrogens with one attached hydrogen (secondary N) is 1. The number of ether oxygens (including phenoxy) is 2. The molecule has 1 aromatic heterocycles. The van der Waals surface area contributed by atoms with E-state index in [0.29, 0.717) is 57.5 Å². The van der Waals surface area contributed by atoms with Crippen LogP contribution in [0.1, 0.15) is 16.2 Å². The number of thioether (sulfide) groups is 1.